The highest BCUT2D eigenvalue weighted by Gasteiger charge is 2.84. The predicted octanol–water partition coefficient (Wildman–Crippen LogP) is 5.37. The van der Waals surface area contributed by atoms with Crippen molar-refractivity contribution in [3.63, 3.8) is 0 Å². The van der Waals surface area contributed by atoms with E-state index in [0.29, 0.717) is 38.0 Å². The Bertz CT molecular complexity index is 1530. The number of nitrogens with zero attached hydrogens (tertiary/aromatic N) is 2. The van der Waals surface area contributed by atoms with E-state index in [1.165, 1.54) is 26.0 Å². The topological polar surface area (TPSA) is 141 Å². The Morgan fingerprint density at radius 1 is 1.08 bits per heavy atom. The first-order valence-electron chi connectivity index (χ1n) is 19.6. The molecule has 1 amide bonds. The first-order valence-corrected chi connectivity index (χ1v) is 19.6. The van der Waals surface area contributed by atoms with Gasteiger partial charge in [-0.1, -0.05) is 39.8 Å². The third-order valence-corrected chi connectivity index (χ3v) is 16.4. The normalized spacial score (nSPS) is 47.6. The summed E-state index contributed by atoms with van der Waals surface area (Å²) in [6, 6.07) is 1.59. The average molecular weight is 713 g/mol. The van der Waals surface area contributed by atoms with Crippen LogP contribution >= 0.6 is 0 Å². The lowest BCUT2D eigenvalue weighted by molar-refractivity contribution is -0.245. The summed E-state index contributed by atoms with van der Waals surface area (Å²) in [5.74, 6) is 0.921. The average Bonchev–Trinajstić information content (AvgIpc) is 3.32. The summed E-state index contributed by atoms with van der Waals surface area (Å²) in [5.41, 5.74) is -1.35. The summed E-state index contributed by atoms with van der Waals surface area (Å²) < 4.78 is 30.6. The van der Waals surface area contributed by atoms with Gasteiger partial charge in [0.15, 0.2) is 12.4 Å². The predicted molar refractivity (Wildman–Crippen MR) is 185 cm³/mol. The molecule has 0 aromatic carbocycles. The van der Waals surface area contributed by atoms with Crippen LogP contribution in [0, 0.1) is 50.7 Å². The Labute approximate surface area is 302 Å². The van der Waals surface area contributed by atoms with Crippen LogP contribution in [0.25, 0.3) is 0 Å². The summed E-state index contributed by atoms with van der Waals surface area (Å²) in [6.45, 7) is 17.9. The van der Waals surface area contributed by atoms with Gasteiger partial charge in [0.25, 0.3) is 5.91 Å². The van der Waals surface area contributed by atoms with E-state index < -0.39 is 36.2 Å². The van der Waals surface area contributed by atoms with E-state index in [9.17, 15) is 19.8 Å². The summed E-state index contributed by atoms with van der Waals surface area (Å²) in [7, 11) is 0. The van der Waals surface area contributed by atoms with Crippen molar-refractivity contribution in [1.82, 2.24) is 10.1 Å². The van der Waals surface area contributed by atoms with Crippen molar-refractivity contribution in [3.05, 3.63) is 18.0 Å². The number of carbonyl (C=O) groups excluding carboxylic acids is 2. The monoisotopic (exact) mass is 712 g/mol. The molecule has 2 saturated heterocycles. The van der Waals surface area contributed by atoms with Crippen LogP contribution in [0.4, 0.5) is 0 Å². The van der Waals surface area contributed by atoms with Crippen molar-refractivity contribution < 1.29 is 43.3 Å². The number of aliphatic hydroxyl groups excluding tert-OH is 1. The molecule has 1 aromatic heterocycles. The number of hydrogen-bond acceptors (Lipinski definition) is 10. The second-order valence-corrected chi connectivity index (χ2v) is 19.3. The Hall–Kier alpha value is -2.05. The molecule has 5 aliphatic carbocycles. The molecule has 284 valence electrons. The molecule has 0 radical (unpaired) electrons. The molecule has 7 fully saturated rings. The van der Waals surface area contributed by atoms with Crippen LogP contribution in [0.2, 0.25) is 0 Å². The van der Waals surface area contributed by atoms with Crippen LogP contribution in [-0.2, 0) is 23.7 Å². The molecule has 51 heavy (non-hydrogen) atoms. The van der Waals surface area contributed by atoms with Gasteiger partial charge in [0.05, 0.1) is 49.4 Å². The minimum absolute atomic E-state index is 0.0177. The number of fused-ring (bicyclic) bond motifs is 4. The molecule has 11 heteroatoms. The second kappa shape index (κ2) is 11.7. The first kappa shape index (κ1) is 36.0. The smallest absolute Gasteiger partial charge is 0.303 e. The van der Waals surface area contributed by atoms with Gasteiger partial charge in [-0.25, -0.2) is 0 Å². The number of carbonyl (C=O) groups is 2. The van der Waals surface area contributed by atoms with Crippen LogP contribution in [0.5, 0.6) is 0 Å². The van der Waals surface area contributed by atoms with Gasteiger partial charge in [0.2, 0.25) is 5.76 Å². The summed E-state index contributed by atoms with van der Waals surface area (Å²) in [4.78, 5) is 26.8. The molecule has 5 saturated carbocycles. The van der Waals surface area contributed by atoms with Crippen LogP contribution in [0.3, 0.4) is 0 Å². The van der Waals surface area contributed by atoms with Crippen molar-refractivity contribution >= 4 is 11.9 Å². The maximum atomic E-state index is 13.0. The lowest BCUT2D eigenvalue weighted by Gasteiger charge is -2.64. The highest BCUT2D eigenvalue weighted by Crippen LogP contribution is 2.89. The minimum atomic E-state index is -1.28. The Kier molecular flexibility index (Phi) is 8.26. The van der Waals surface area contributed by atoms with E-state index in [4.69, 9.17) is 23.5 Å². The summed E-state index contributed by atoms with van der Waals surface area (Å²) >= 11 is 0. The van der Waals surface area contributed by atoms with E-state index in [-0.39, 0.29) is 62.8 Å². The van der Waals surface area contributed by atoms with Crippen LogP contribution in [0.1, 0.15) is 117 Å². The largest absolute Gasteiger partial charge is 0.457 e. The number of rotatable bonds is 6. The van der Waals surface area contributed by atoms with E-state index in [2.05, 4.69) is 39.8 Å². The van der Waals surface area contributed by atoms with Crippen molar-refractivity contribution in [2.24, 2.45) is 50.7 Å². The number of esters is 1. The maximum absolute atomic E-state index is 13.0. The fourth-order valence-electron chi connectivity index (χ4n) is 14.2. The highest BCUT2D eigenvalue weighted by molar-refractivity contribution is 5.91. The molecule has 8 rings (SSSR count). The number of aromatic nitrogens is 1. The molecule has 1 aromatic rings. The fourth-order valence-corrected chi connectivity index (χ4v) is 14.2. The van der Waals surface area contributed by atoms with Crippen LogP contribution < -0.4 is 0 Å². The number of morpholine rings is 1. The molecule has 14 atom stereocenters. The molecular formula is C40H60N2O9. The third kappa shape index (κ3) is 4.95. The van der Waals surface area contributed by atoms with E-state index in [1.807, 2.05) is 0 Å². The summed E-state index contributed by atoms with van der Waals surface area (Å²) in [5, 5.41) is 27.3. The van der Waals surface area contributed by atoms with Crippen molar-refractivity contribution in [2.45, 2.75) is 149 Å². The molecule has 3 heterocycles. The molecule has 7 aliphatic rings. The number of amides is 1. The van der Waals surface area contributed by atoms with Gasteiger partial charge in [0, 0.05) is 24.9 Å². The lowest BCUT2D eigenvalue weighted by Crippen LogP contribution is -2.60. The van der Waals surface area contributed by atoms with Gasteiger partial charge in [-0.3, -0.25) is 9.59 Å². The number of ether oxygens (including phenoxy) is 4. The van der Waals surface area contributed by atoms with Gasteiger partial charge in [0.1, 0.15) is 0 Å². The van der Waals surface area contributed by atoms with Crippen LogP contribution in [-0.4, -0.2) is 94.3 Å². The molecule has 0 bridgehead atoms. The Morgan fingerprint density at radius 3 is 2.49 bits per heavy atom. The number of aliphatic hydroxyl groups is 2. The zero-order chi connectivity index (χ0) is 36.5. The maximum Gasteiger partial charge on any atom is 0.303 e. The first-order chi connectivity index (χ1) is 23.9. The molecular weight excluding hydrogens is 652 g/mol. The molecule has 2 N–H and O–H groups in total. The zero-order valence-electron chi connectivity index (χ0n) is 31.9. The van der Waals surface area contributed by atoms with Crippen molar-refractivity contribution in [1.29, 1.82) is 0 Å². The van der Waals surface area contributed by atoms with E-state index in [1.54, 1.807) is 24.8 Å². The van der Waals surface area contributed by atoms with Gasteiger partial charge in [-0.2, -0.15) is 0 Å². The standard InChI is InChI=1S/C40H60N2O9/c1-22-19-25(33(36(5,6)46)48-23(2)43)49-31-30(22)37(7)14-15-40-21-39(40)13-11-28(35(3,4)26(39)9-10-27(40)38(37,8)32(31)44)50-29-20-42(17-18-47-29)34(45)24-12-16-41-51-24/h12,16,22,25-33,44,46H,9-11,13-15,17-21H2,1-8H3/t22-,25-,26+,27+,28+,29+,30+,31+,32+,33+,37-,38-,39-,40+/m1/s1. The molecule has 0 unspecified atom stereocenters. The second-order valence-electron chi connectivity index (χ2n) is 19.3. The Morgan fingerprint density at radius 2 is 1.80 bits per heavy atom. The molecule has 11 nitrogen and oxygen atoms in total. The summed E-state index contributed by atoms with van der Waals surface area (Å²) in [6.07, 6.45) is 7.07. The lowest BCUT2D eigenvalue weighted by atomic mass is 9.41. The van der Waals surface area contributed by atoms with E-state index in [0.717, 1.165) is 32.1 Å². The fraction of sp³-hybridized carbons (Fsp3) is 0.875. The van der Waals surface area contributed by atoms with E-state index >= 15 is 0 Å². The third-order valence-electron chi connectivity index (χ3n) is 16.4. The van der Waals surface area contributed by atoms with Gasteiger partial charge < -0.3 is 38.6 Å². The van der Waals surface area contributed by atoms with Gasteiger partial charge >= 0.3 is 5.97 Å². The zero-order valence-corrected chi connectivity index (χ0v) is 31.9. The van der Waals surface area contributed by atoms with Crippen molar-refractivity contribution in [2.75, 3.05) is 19.7 Å². The van der Waals surface area contributed by atoms with Crippen molar-refractivity contribution in [3.8, 4) is 0 Å². The molecule has 2 aliphatic heterocycles. The van der Waals surface area contributed by atoms with Crippen LogP contribution in [0.15, 0.2) is 16.8 Å². The molecule has 2 spiro atoms. The highest BCUT2D eigenvalue weighted by atomic mass is 16.7. The van der Waals surface area contributed by atoms with Gasteiger partial charge in [-0.05, 0) is 111 Å². The SMILES string of the molecule is CC(=O)O[C@@H]([C@H]1C[C@@H](C)[C@H]2[C@H](O1)[C@H](O)[C@@]1(C)[C@@H]3CC[C@H]4C(C)(C)[C@@H](O[C@H]5CN(C(=O)c6ccno6)CCO5)CC[C@@]45C[C@@]35CC[C@]21C)C(C)(C)O. The quantitative estimate of drug-likeness (QED) is 0.370. The minimum Gasteiger partial charge on any atom is -0.457 e. The Balaban J connectivity index is 1.01. The number of hydrogen-bond donors (Lipinski definition) is 2. The van der Waals surface area contributed by atoms with Gasteiger partial charge in [-0.15, -0.1) is 0 Å².